The van der Waals surface area contributed by atoms with Gasteiger partial charge in [0.1, 0.15) is 17.4 Å². The van der Waals surface area contributed by atoms with E-state index in [-0.39, 0.29) is 24.1 Å². The topological polar surface area (TPSA) is 48.2 Å². The molecule has 2 aromatic carbocycles. The third kappa shape index (κ3) is 3.11. The number of aromatic nitrogens is 2. The highest BCUT2D eigenvalue weighted by Gasteiger charge is 2.10. The molecule has 6 heteroatoms. The highest BCUT2D eigenvalue weighted by atomic mass is 19.1. The Morgan fingerprint density at radius 3 is 2.68 bits per heavy atom. The Kier molecular flexibility index (Phi) is 3.82. The van der Waals surface area contributed by atoms with E-state index in [2.05, 4.69) is 10.1 Å². The fourth-order valence-electron chi connectivity index (χ4n) is 1.97. The summed E-state index contributed by atoms with van der Waals surface area (Å²) in [5.74, 6) is 0.378. The number of hydrogen-bond donors (Lipinski definition) is 0. The van der Waals surface area contributed by atoms with Gasteiger partial charge in [0.15, 0.2) is 6.61 Å². The lowest BCUT2D eigenvalue weighted by atomic mass is 10.2. The second kappa shape index (κ2) is 5.93. The molecule has 4 nitrogen and oxygen atoms in total. The SMILES string of the molecule is Cc1cc(F)ccc1OCc1noc(-c2cccc(F)c2)n1. The van der Waals surface area contributed by atoms with Gasteiger partial charge < -0.3 is 9.26 Å². The van der Waals surface area contributed by atoms with Crippen LogP contribution in [0, 0.1) is 18.6 Å². The van der Waals surface area contributed by atoms with Gasteiger partial charge in [0.2, 0.25) is 5.82 Å². The molecule has 0 amide bonds. The fraction of sp³-hybridized carbons (Fsp3) is 0.125. The van der Waals surface area contributed by atoms with Crippen LogP contribution in [-0.4, -0.2) is 10.1 Å². The first-order chi connectivity index (χ1) is 10.6. The molecule has 0 aliphatic heterocycles. The summed E-state index contributed by atoms with van der Waals surface area (Å²) in [5.41, 5.74) is 1.17. The first-order valence-corrected chi connectivity index (χ1v) is 6.59. The molecule has 0 radical (unpaired) electrons. The fourth-order valence-corrected chi connectivity index (χ4v) is 1.97. The molecular formula is C16H12F2N2O2. The maximum Gasteiger partial charge on any atom is 0.258 e. The minimum Gasteiger partial charge on any atom is -0.485 e. The van der Waals surface area contributed by atoms with Gasteiger partial charge >= 0.3 is 0 Å². The summed E-state index contributed by atoms with van der Waals surface area (Å²) in [6.45, 7) is 1.82. The lowest BCUT2D eigenvalue weighted by molar-refractivity contribution is 0.285. The summed E-state index contributed by atoms with van der Waals surface area (Å²) >= 11 is 0. The third-order valence-electron chi connectivity index (χ3n) is 3.03. The molecule has 22 heavy (non-hydrogen) atoms. The maximum absolute atomic E-state index is 13.2. The summed E-state index contributed by atoms with van der Waals surface area (Å²) in [6.07, 6.45) is 0. The van der Waals surface area contributed by atoms with E-state index < -0.39 is 0 Å². The quantitative estimate of drug-likeness (QED) is 0.733. The van der Waals surface area contributed by atoms with Crippen molar-refractivity contribution in [2.24, 2.45) is 0 Å². The minimum atomic E-state index is -0.379. The second-order valence-electron chi connectivity index (χ2n) is 4.72. The van der Waals surface area contributed by atoms with Crippen LogP contribution >= 0.6 is 0 Å². The zero-order chi connectivity index (χ0) is 15.5. The zero-order valence-corrected chi connectivity index (χ0v) is 11.7. The lowest BCUT2D eigenvalue weighted by Gasteiger charge is -2.06. The molecule has 0 atom stereocenters. The number of benzene rings is 2. The molecule has 0 saturated carbocycles. The van der Waals surface area contributed by atoms with Crippen molar-refractivity contribution in [3.8, 4) is 17.2 Å². The first-order valence-electron chi connectivity index (χ1n) is 6.59. The smallest absolute Gasteiger partial charge is 0.258 e. The van der Waals surface area contributed by atoms with E-state index >= 15 is 0 Å². The maximum atomic E-state index is 13.2. The first kappa shape index (κ1) is 14.2. The van der Waals surface area contributed by atoms with Crippen LogP contribution in [0.1, 0.15) is 11.4 Å². The normalized spacial score (nSPS) is 10.7. The second-order valence-corrected chi connectivity index (χ2v) is 4.72. The lowest BCUT2D eigenvalue weighted by Crippen LogP contribution is -1.99. The summed E-state index contributed by atoms with van der Waals surface area (Å²) in [6, 6.07) is 10.1. The molecule has 0 unspecified atom stereocenters. The summed E-state index contributed by atoms with van der Waals surface area (Å²) in [7, 11) is 0. The third-order valence-corrected chi connectivity index (χ3v) is 3.03. The number of halogens is 2. The van der Waals surface area contributed by atoms with Crippen molar-refractivity contribution in [2.45, 2.75) is 13.5 Å². The van der Waals surface area contributed by atoms with Crippen molar-refractivity contribution in [3.63, 3.8) is 0 Å². The van der Waals surface area contributed by atoms with Gasteiger partial charge in [-0.1, -0.05) is 11.2 Å². The van der Waals surface area contributed by atoms with E-state index in [1.54, 1.807) is 19.1 Å². The predicted octanol–water partition coefficient (Wildman–Crippen LogP) is 3.90. The van der Waals surface area contributed by atoms with Crippen LogP contribution < -0.4 is 4.74 Å². The Labute approximate surface area is 125 Å². The summed E-state index contributed by atoms with van der Waals surface area (Å²) < 4.78 is 36.8. The monoisotopic (exact) mass is 302 g/mol. The number of aryl methyl sites for hydroxylation is 1. The number of hydrogen-bond acceptors (Lipinski definition) is 4. The molecule has 1 aromatic heterocycles. The molecule has 0 N–H and O–H groups in total. The van der Waals surface area contributed by atoms with Crippen LogP contribution in [0.15, 0.2) is 47.0 Å². The molecule has 0 saturated heterocycles. The van der Waals surface area contributed by atoms with Crippen LogP contribution in [-0.2, 0) is 6.61 Å². The summed E-state index contributed by atoms with van der Waals surface area (Å²) in [4.78, 5) is 4.14. The highest BCUT2D eigenvalue weighted by molar-refractivity contribution is 5.52. The van der Waals surface area contributed by atoms with Crippen molar-refractivity contribution in [1.29, 1.82) is 0 Å². The van der Waals surface area contributed by atoms with Crippen molar-refractivity contribution >= 4 is 0 Å². The predicted molar refractivity (Wildman–Crippen MR) is 75.2 cm³/mol. The average Bonchev–Trinajstić information content (AvgIpc) is 2.95. The van der Waals surface area contributed by atoms with Gasteiger partial charge in [-0.05, 0) is 48.9 Å². The number of ether oxygens (including phenoxy) is 1. The van der Waals surface area contributed by atoms with E-state index in [1.165, 1.54) is 30.3 Å². The molecule has 112 valence electrons. The molecule has 3 aromatic rings. The van der Waals surface area contributed by atoms with E-state index in [9.17, 15) is 8.78 Å². The van der Waals surface area contributed by atoms with Gasteiger partial charge in [-0.15, -0.1) is 0 Å². The standard InChI is InChI=1S/C16H12F2N2O2/c1-10-7-13(18)5-6-14(10)21-9-15-19-16(22-20-15)11-3-2-4-12(17)8-11/h2-8H,9H2,1H3. The van der Waals surface area contributed by atoms with Crippen LogP contribution in [0.5, 0.6) is 5.75 Å². The highest BCUT2D eigenvalue weighted by Crippen LogP contribution is 2.21. The van der Waals surface area contributed by atoms with E-state index in [4.69, 9.17) is 9.26 Å². The number of nitrogens with zero attached hydrogens (tertiary/aromatic N) is 2. The van der Waals surface area contributed by atoms with E-state index in [0.29, 0.717) is 22.7 Å². The van der Waals surface area contributed by atoms with Gasteiger partial charge in [0.05, 0.1) is 0 Å². The van der Waals surface area contributed by atoms with Gasteiger partial charge in [-0.2, -0.15) is 4.98 Å². The Balaban J connectivity index is 1.72. The van der Waals surface area contributed by atoms with Crippen LogP contribution in [0.4, 0.5) is 8.78 Å². The molecule has 0 bridgehead atoms. The van der Waals surface area contributed by atoms with Crippen LogP contribution in [0.25, 0.3) is 11.5 Å². The molecule has 0 spiro atoms. The van der Waals surface area contributed by atoms with Crippen molar-refractivity contribution in [3.05, 3.63) is 65.5 Å². The zero-order valence-electron chi connectivity index (χ0n) is 11.7. The van der Waals surface area contributed by atoms with Gasteiger partial charge in [0, 0.05) is 5.56 Å². The molecule has 1 heterocycles. The summed E-state index contributed by atoms with van der Waals surface area (Å²) in [5, 5.41) is 3.78. The molecule has 0 aliphatic rings. The Bertz CT molecular complexity index is 802. The Hall–Kier alpha value is -2.76. The minimum absolute atomic E-state index is 0.0747. The number of rotatable bonds is 4. The van der Waals surface area contributed by atoms with Gasteiger partial charge in [0.25, 0.3) is 5.89 Å². The van der Waals surface area contributed by atoms with E-state index in [0.717, 1.165) is 0 Å². The van der Waals surface area contributed by atoms with Crippen LogP contribution in [0.2, 0.25) is 0 Å². The molecule has 0 fully saturated rings. The van der Waals surface area contributed by atoms with Crippen molar-refractivity contribution < 1.29 is 18.0 Å². The van der Waals surface area contributed by atoms with Crippen molar-refractivity contribution in [2.75, 3.05) is 0 Å². The Morgan fingerprint density at radius 2 is 1.91 bits per heavy atom. The largest absolute Gasteiger partial charge is 0.485 e. The molecular weight excluding hydrogens is 290 g/mol. The van der Waals surface area contributed by atoms with Gasteiger partial charge in [-0.25, -0.2) is 8.78 Å². The van der Waals surface area contributed by atoms with E-state index in [1.807, 2.05) is 0 Å². The van der Waals surface area contributed by atoms with Gasteiger partial charge in [-0.3, -0.25) is 0 Å². The molecule has 3 rings (SSSR count). The average molecular weight is 302 g/mol. The van der Waals surface area contributed by atoms with Crippen molar-refractivity contribution in [1.82, 2.24) is 10.1 Å². The van der Waals surface area contributed by atoms with Crippen LogP contribution in [0.3, 0.4) is 0 Å². The Morgan fingerprint density at radius 1 is 1.09 bits per heavy atom. The molecule has 0 aliphatic carbocycles.